The number of fused-ring (bicyclic) bond motifs is 1. The number of methoxy groups -OCH3 is 1. The summed E-state index contributed by atoms with van der Waals surface area (Å²) in [7, 11) is 3.54. The highest BCUT2D eigenvalue weighted by Gasteiger charge is 2.25. The molecule has 0 fully saturated rings. The third kappa shape index (κ3) is 3.20. The number of thiophene rings is 1. The second-order valence-corrected chi connectivity index (χ2v) is 7.88. The van der Waals surface area contributed by atoms with Crippen molar-refractivity contribution in [1.82, 2.24) is 4.90 Å². The van der Waals surface area contributed by atoms with Gasteiger partial charge in [-0.2, -0.15) is 0 Å². The Hall–Kier alpha value is -1.81. The Labute approximate surface area is 148 Å². The van der Waals surface area contributed by atoms with Gasteiger partial charge in [-0.1, -0.05) is 25.1 Å². The predicted molar refractivity (Wildman–Crippen MR) is 99.0 cm³/mol. The summed E-state index contributed by atoms with van der Waals surface area (Å²) in [4.78, 5) is 17.0. The average Bonchev–Trinajstić information content (AvgIpc) is 3.02. The molecule has 0 N–H and O–H groups in total. The summed E-state index contributed by atoms with van der Waals surface area (Å²) in [5, 5.41) is 0. The minimum Gasteiger partial charge on any atom is -0.496 e. The van der Waals surface area contributed by atoms with Gasteiger partial charge in [0.2, 0.25) is 0 Å². The van der Waals surface area contributed by atoms with E-state index in [1.54, 1.807) is 18.4 Å². The first kappa shape index (κ1) is 17.0. The minimum absolute atomic E-state index is 0.0355. The summed E-state index contributed by atoms with van der Waals surface area (Å²) in [6.07, 6.45) is 3.44. The van der Waals surface area contributed by atoms with Crippen molar-refractivity contribution in [3.8, 4) is 5.75 Å². The molecule has 1 heterocycles. The Morgan fingerprint density at radius 3 is 2.88 bits per heavy atom. The highest BCUT2D eigenvalue weighted by atomic mass is 32.1. The quantitative estimate of drug-likeness (QED) is 0.804. The van der Waals surface area contributed by atoms with E-state index in [4.69, 9.17) is 4.74 Å². The molecule has 3 rings (SSSR count). The van der Waals surface area contributed by atoms with Gasteiger partial charge in [-0.05, 0) is 49.8 Å². The molecule has 1 aromatic carbocycles. The van der Waals surface area contributed by atoms with Crippen molar-refractivity contribution in [2.45, 2.75) is 39.2 Å². The van der Waals surface area contributed by atoms with Gasteiger partial charge >= 0.3 is 0 Å². The number of carbonyl (C=O) groups excluding carboxylic acids is 1. The van der Waals surface area contributed by atoms with Crippen molar-refractivity contribution < 1.29 is 9.53 Å². The Kier molecular flexibility index (Phi) is 4.95. The molecule has 1 aliphatic carbocycles. The van der Waals surface area contributed by atoms with Gasteiger partial charge in [0.25, 0.3) is 5.91 Å². The molecule has 2 atom stereocenters. The van der Waals surface area contributed by atoms with Crippen molar-refractivity contribution in [3.05, 3.63) is 51.2 Å². The molecule has 0 spiro atoms. The molecule has 1 aromatic heterocycles. The van der Waals surface area contributed by atoms with Crippen LogP contribution in [0.1, 0.15) is 52.0 Å². The minimum atomic E-state index is -0.0355. The summed E-state index contributed by atoms with van der Waals surface area (Å²) in [6, 6.07) is 9.97. The zero-order valence-corrected chi connectivity index (χ0v) is 15.7. The van der Waals surface area contributed by atoms with Gasteiger partial charge in [0, 0.05) is 17.5 Å². The molecule has 1 aliphatic rings. The van der Waals surface area contributed by atoms with Gasteiger partial charge in [0.05, 0.1) is 18.0 Å². The largest absolute Gasteiger partial charge is 0.496 e. The van der Waals surface area contributed by atoms with Crippen LogP contribution in [-0.2, 0) is 12.8 Å². The van der Waals surface area contributed by atoms with E-state index in [0.717, 1.165) is 34.9 Å². The van der Waals surface area contributed by atoms with Crippen LogP contribution in [0.3, 0.4) is 0 Å². The highest BCUT2D eigenvalue weighted by molar-refractivity contribution is 7.14. The molecule has 0 saturated carbocycles. The normalized spacial score (nSPS) is 17.9. The molecular formula is C20H25NO2S. The van der Waals surface area contributed by atoms with Gasteiger partial charge < -0.3 is 9.64 Å². The molecule has 0 bridgehead atoms. The van der Waals surface area contributed by atoms with Crippen LogP contribution in [0, 0.1) is 5.92 Å². The van der Waals surface area contributed by atoms with E-state index in [-0.39, 0.29) is 11.9 Å². The van der Waals surface area contributed by atoms with Crippen LogP contribution in [0.25, 0.3) is 0 Å². The topological polar surface area (TPSA) is 29.5 Å². The first-order valence-electron chi connectivity index (χ1n) is 8.53. The van der Waals surface area contributed by atoms with E-state index in [2.05, 4.69) is 13.0 Å². The zero-order chi connectivity index (χ0) is 17.3. The second kappa shape index (κ2) is 6.98. The molecule has 0 radical (unpaired) electrons. The predicted octanol–water partition coefficient (Wildman–Crippen LogP) is 4.71. The number of nitrogens with zero attached hydrogens (tertiary/aromatic N) is 1. The number of benzene rings is 1. The van der Waals surface area contributed by atoms with Crippen molar-refractivity contribution in [3.63, 3.8) is 0 Å². The van der Waals surface area contributed by atoms with Crippen LogP contribution < -0.4 is 4.74 Å². The van der Waals surface area contributed by atoms with Gasteiger partial charge in [0.15, 0.2) is 0 Å². The first-order valence-corrected chi connectivity index (χ1v) is 9.34. The van der Waals surface area contributed by atoms with Gasteiger partial charge in [-0.15, -0.1) is 11.3 Å². The number of amides is 1. The third-order valence-electron chi connectivity index (χ3n) is 5.03. The first-order chi connectivity index (χ1) is 11.5. The molecule has 3 nitrogen and oxygen atoms in total. The van der Waals surface area contributed by atoms with E-state index in [9.17, 15) is 4.79 Å². The SMILES string of the molecule is COc1ccccc1C(C)N(C)C(=O)c1cc2c(s1)CCC(C)C2. The fourth-order valence-electron chi connectivity index (χ4n) is 3.38. The Balaban J connectivity index is 1.82. The third-order valence-corrected chi connectivity index (χ3v) is 6.26. The van der Waals surface area contributed by atoms with Gasteiger partial charge in [-0.25, -0.2) is 0 Å². The lowest BCUT2D eigenvalue weighted by Crippen LogP contribution is -2.29. The molecule has 24 heavy (non-hydrogen) atoms. The van der Waals surface area contributed by atoms with Crippen LogP contribution in [0.5, 0.6) is 5.75 Å². The molecule has 0 saturated heterocycles. The summed E-state index contributed by atoms with van der Waals surface area (Å²) < 4.78 is 5.44. The van der Waals surface area contributed by atoms with Crippen LogP contribution >= 0.6 is 11.3 Å². The van der Waals surface area contributed by atoms with Crippen LogP contribution in [-0.4, -0.2) is 25.0 Å². The summed E-state index contributed by atoms with van der Waals surface area (Å²) in [5.74, 6) is 1.64. The van der Waals surface area contributed by atoms with E-state index >= 15 is 0 Å². The molecular weight excluding hydrogens is 318 g/mol. The molecule has 2 unspecified atom stereocenters. The zero-order valence-electron chi connectivity index (χ0n) is 14.8. The van der Waals surface area contributed by atoms with Crippen molar-refractivity contribution in [2.24, 2.45) is 5.92 Å². The second-order valence-electron chi connectivity index (χ2n) is 6.74. The van der Waals surface area contributed by atoms with Crippen molar-refractivity contribution in [2.75, 3.05) is 14.2 Å². The van der Waals surface area contributed by atoms with Crippen molar-refractivity contribution in [1.29, 1.82) is 0 Å². The fraction of sp³-hybridized carbons (Fsp3) is 0.450. The van der Waals surface area contributed by atoms with E-state index < -0.39 is 0 Å². The lowest BCUT2D eigenvalue weighted by molar-refractivity contribution is 0.0746. The summed E-state index contributed by atoms with van der Waals surface area (Å²) in [5.41, 5.74) is 2.41. The van der Waals surface area contributed by atoms with Crippen LogP contribution in [0.2, 0.25) is 0 Å². The number of para-hydroxylation sites is 1. The van der Waals surface area contributed by atoms with E-state index in [1.807, 2.05) is 43.1 Å². The van der Waals surface area contributed by atoms with E-state index in [1.165, 1.54) is 16.9 Å². The van der Waals surface area contributed by atoms with Crippen LogP contribution in [0.4, 0.5) is 0 Å². The molecule has 1 amide bonds. The molecule has 128 valence electrons. The Morgan fingerprint density at radius 2 is 2.12 bits per heavy atom. The standard InChI is InChI=1S/C20H25NO2S/c1-13-9-10-18-15(11-13)12-19(24-18)20(22)21(3)14(2)16-7-5-6-8-17(16)23-4/h5-8,12-14H,9-11H2,1-4H3. The smallest absolute Gasteiger partial charge is 0.264 e. The van der Waals surface area contributed by atoms with Gasteiger partial charge in [0.1, 0.15) is 5.75 Å². The van der Waals surface area contributed by atoms with E-state index in [0.29, 0.717) is 0 Å². The van der Waals surface area contributed by atoms with Crippen LogP contribution in [0.15, 0.2) is 30.3 Å². The number of rotatable bonds is 4. The molecule has 4 heteroatoms. The Morgan fingerprint density at radius 1 is 1.38 bits per heavy atom. The maximum Gasteiger partial charge on any atom is 0.264 e. The number of hydrogen-bond donors (Lipinski definition) is 0. The fourth-order valence-corrected chi connectivity index (χ4v) is 4.57. The number of carbonyl (C=O) groups is 1. The summed E-state index contributed by atoms with van der Waals surface area (Å²) in [6.45, 7) is 4.34. The highest BCUT2D eigenvalue weighted by Crippen LogP contribution is 2.34. The van der Waals surface area contributed by atoms with Crippen molar-refractivity contribution >= 4 is 17.2 Å². The number of hydrogen-bond acceptors (Lipinski definition) is 3. The number of aryl methyl sites for hydroxylation is 1. The lowest BCUT2D eigenvalue weighted by Gasteiger charge is -2.26. The molecule has 0 aliphatic heterocycles. The number of ether oxygens (including phenoxy) is 1. The Bertz CT molecular complexity index is 737. The molecule has 2 aromatic rings. The summed E-state index contributed by atoms with van der Waals surface area (Å²) >= 11 is 1.67. The maximum absolute atomic E-state index is 13.0. The maximum atomic E-state index is 13.0. The average molecular weight is 343 g/mol. The van der Waals surface area contributed by atoms with Gasteiger partial charge in [-0.3, -0.25) is 4.79 Å². The lowest BCUT2D eigenvalue weighted by atomic mass is 9.90. The monoisotopic (exact) mass is 343 g/mol.